The molecular weight excluding hydrogens is 456 g/mol. The summed E-state index contributed by atoms with van der Waals surface area (Å²) in [4.78, 5) is 14.9. The van der Waals surface area contributed by atoms with E-state index in [-0.39, 0.29) is 3.92 Å². The number of halogens is 2. The van der Waals surface area contributed by atoms with Crippen LogP contribution in [-0.4, -0.2) is 38.0 Å². The summed E-state index contributed by atoms with van der Waals surface area (Å²) in [5.74, 6) is 0.875. The fraction of sp³-hybridized carbons (Fsp3) is 0.923. The molecule has 2 aliphatic rings. The molecule has 2 unspecified atom stereocenters. The summed E-state index contributed by atoms with van der Waals surface area (Å²) < 4.78 is 5.92. The lowest BCUT2D eigenvalue weighted by atomic mass is 9.95. The Hall–Kier alpha value is 0.890. The van der Waals surface area contributed by atoms with Gasteiger partial charge in [-0.25, -0.2) is 0 Å². The van der Waals surface area contributed by atoms with E-state index >= 15 is 0 Å². The number of rotatable bonds is 3. The molecule has 2 rings (SSSR count). The molecule has 1 amide bonds. The fourth-order valence-electron chi connectivity index (χ4n) is 2.91. The second-order valence-electron chi connectivity index (χ2n) is 5.17. The van der Waals surface area contributed by atoms with Crippen LogP contribution in [0.2, 0.25) is 0 Å². The van der Waals surface area contributed by atoms with Crippen molar-refractivity contribution < 1.29 is 9.53 Å². The van der Waals surface area contributed by atoms with Crippen LogP contribution in [0.1, 0.15) is 39.0 Å². The standard InChI is InChI=1S/C13H21I2NO2/c1-2-10-3-4-11(14)16(10)13(17)12(15)9-5-7-18-8-6-9/h9-12H,2-8H2,1H3/t10?,11-,12?/m0/s1. The molecule has 0 aromatic rings. The van der Waals surface area contributed by atoms with Crippen molar-refractivity contribution in [3.8, 4) is 0 Å². The van der Waals surface area contributed by atoms with Gasteiger partial charge in [-0.15, -0.1) is 0 Å². The first-order valence-corrected chi connectivity index (χ1v) is 9.32. The SMILES string of the molecule is CCC1CC[C@@H](I)N1C(=O)C(I)C1CCOCC1. The van der Waals surface area contributed by atoms with Gasteiger partial charge >= 0.3 is 0 Å². The highest BCUT2D eigenvalue weighted by Crippen LogP contribution is 2.34. The van der Waals surface area contributed by atoms with Crippen molar-refractivity contribution in [2.75, 3.05) is 13.2 Å². The molecule has 3 atom stereocenters. The van der Waals surface area contributed by atoms with Crippen LogP contribution in [0.15, 0.2) is 0 Å². The van der Waals surface area contributed by atoms with Crippen LogP contribution < -0.4 is 0 Å². The van der Waals surface area contributed by atoms with Crippen molar-refractivity contribution in [3.05, 3.63) is 0 Å². The molecule has 2 saturated heterocycles. The lowest BCUT2D eigenvalue weighted by Gasteiger charge is -2.33. The maximum Gasteiger partial charge on any atom is 0.236 e. The van der Waals surface area contributed by atoms with Crippen LogP contribution in [-0.2, 0) is 9.53 Å². The number of nitrogens with zero attached hydrogens (tertiary/aromatic N) is 1. The van der Waals surface area contributed by atoms with Crippen molar-refractivity contribution in [1.29, 1.82) is 0 Å². The lowest BCUT2D eigenvalue weighted by Crippen LogP contribution is -2.45. The topological polar surface area (TPSA) is 29.5 Å². The Bertz CT molecular complexity index is 295. The van der Waals surface area contributed by atoms with Crippen molar-refractivity contribution in [3.63, 3.8) is 0 Å². The highest BCUT2D eigenvalue weighted by molar-refractivity contribution is 14.1. The molecule has 3 nitrogen and oxygen atoms in total. The third-order valence-corrected chi connectivity index (χ3v) is 6.85. The molecule has 0 aromatic carbocycles. The summed E-state index contributed by atoms with van der Waals surface area (Å²) in [6, 6.07) is 0.469. The Morgan fingerprint density at radius 3 is 2.61 bits per heavy atom. The number of ether oxygens (including phenoxy) is 1. The second kappa shape index (κ2) is 7.06. The van der Waals surface area contributed by atoms with Gasteiger partial charge in [0.15, 0.2) is 0 Å². The minimum absolute atomic E-state index is 0.135. The minimum Gasteiger partial charge on any atom is -0.381 e. The molecule has 0 aromatic heterocycles. The van der Waals surface area contributed by atoms with Gasteiger partial charge in [0.2, 0.25) is 5.91 Å². The molecule has 0 N–H and O–H groups in total. The summed E-state index contributed by atoms with van der Waals surface area (Å²) in [5.41, 5.74) is 0. The molecule has 0 spiro atoms. The summed E-state index contributed by atoms with van der Waals surface area (Å²) in [6.07, 6.45) is 5.49. The van der Waals surface area contributed by atoms with Gasteiger partial charge in [0.05, 0.1) is 7.97 Å². The predicted octanol–water partition coefficient (Wildman–Crippen LogP) is 3.38. The molecule has 104 valence electrons. The Balaban J connectivity index is 2.00. The molecule has 2 fully saturated rings. The average molecular weight is 477 g/mol. The van der Waals surface area contributed by atoms with Crippen molar-refractivity contribution in [2.24, 2.45) is 5.92 Å². The molecule has 5 heteroatoms. The van der Waals surface area contributed by atoms with Crippen LogP contribution in [0.4, 0.5) is 0 Å². The first-order chi connectivity index (χ1) is 8.65. The monoisotopic (exact) mass is 477 g/mol. The zero-order chi connectivity index (χ0) is 13.1. The Morgan fingerprint density at radius 1 is 1.33 bits per heavy atom. The number of amides is 1. The van der Waals surface area contributed by atoms with E-state index in [1.165, 1.54) is 6.42 Å². The van der Waals surface area contributed by atoms with Gasteiger partial charge in [0.25, 0.3) is 0 Å². The fourth-order valence-corrected chi connectivity index (χ4v) is 5.04. The molecule has 2 heterocycles. The normalized spacial score (nSPS) is 31.6. The summed E-state index contributed by atoms with van der Waals surface area (Å²) in [6.45, 7) is 3.83. The first-order valence-electron chi connectivity index (χ1n) is 6.83. The zero-order valence-electron chi connectivity index (χ0n) is 10.8. The van der Waals surface area contributed by atoms with Crippen LogP contribution in [0, 0.1) is 5.92 Å². The molecule has 0 bridgehead atoms. The highest BCUT2D eigenvalue weighted by Gasteiger charge is 2.39. The van der Waals surface area contributed by atoms with Crippen LogP contribution in [0.5, 0.6) is 0 Å². The van der Waals surface area contributed by atoms with Gasteiger partial charge in [-0.2, -0.15) is 0 Å². The Labute approximate surface area is 137 Å². The van der Waals surface area contributed by atoms with E-state index in [2.05, 4.69) is 57.0 Å². The van der Waals surface area contributed by atoms with E-state index in [9.17, 15) is 4.79 Å². The number of hydrogen-bond donors (Lipinski definition) is 0. The molecule has 0 saturated carbocycles. The van der Waals surface area contributed by atoms with Crippen molar-refractivity contribution >= 4 is 51.1 Å². The number of likely N-dealkylation sites (tertiary alicyclic amines) is 1. The van der Waals surface area contributed by atoms with E-state index in [4.69, 9.17) is 4.74 Å². The van der Waals surface area contributed by atoms with Gasteiger partial charge in [0, 0.05) is 19.3 Å². The summed E-state index contributed by atoms with van der Waals surface area (Å²) in [5, 5.41) is 0. The summed E-state index contributed by atoms with van der Waals surface area (Å²) in [7, 11) is 0. The smallest absolute Gasteiger partial charge is 0.236 e. The molecular formula is C13H21I2NO2. The largest absolute Gasteiger partial charge is 0.381 e. The second-order valence-corrected chi connectivity index (χ2v) is 7.95. The van der Waals surface area contributed by atoms with Crippen LogP contribution >= 0.6 is 45.2 Å². The van der Waals surface area contributed by atoms with E-state index in [1.807, 2.05) is 0 Å². The lowest BCUT2D eigenvalue weighted by molar-refractivity contribution is -0.132. The zero-order valence-corrected chi connectivity index (χ0v) is 15.1. The molecule has 0 radical (unpaired) electrons. The van der Waals surface area contributed by atoms with E-state index in [1.54, 1.807) is 0 Å². The van der Waals surface area contributed by atoms with Gasteiger partial charge in [-0.1, -0.05) is 52.1 Å². The van der Waals surface area contributed by atoms with Crippen molar-refractivity contribution in [2.45, 2.75) is 53.0 Å². The number of hydrogen-bond acceptors (Lipinski definition) is 2. The van der Waals surface area contributed by atoms with Gasteiger partial charge in [-0.05, 0) is 38.0 Å². The summed E-state index contributed by atoms with van der Waals surface area (Å²) >= 11 is 4.79. The highest BCUT2D eigenvalue weighted by atomic mass is 127. The van der Waals surface area contributed by atoms with Crippen LogP contribution in [0.3, 0.4) is 0 Å². The van der Waals surface area contributed by atoms with Crippen LogP contribution in [0.25, 0.3) is 0 Å². The quantitative estimate of drug-likeness (QED) is 0.355. The third-order valence-electron chi connectivity index (χ3n) is 4.07. The van der Waals surface area contributed by atoms with Gasteiger partial charge < -0.3 is 9.64 Å². The minimum atomic E-state index is 0.135. The third kappa shape index (κ3) is 3.31. The average Bonchev–Trinajstić information content (AvgIpc) is 2.79. The molecule has 0 aliphatic carbocycles. The molecule has 2 aliphatic heterocycles. The number of carbonyl (C=O) groups is 1. The predicted molar refractivity (Wildman–Crippen MR) is 89.3 cm³/mol. The van der Waals surface area contributed by atoms with Gasteiger partial charge in [-0.3, -0.25) is 4.79 Å². The molecule has 18 heavy (non-hydrogen) atoms. The van der Waals surface area contributed by atoms with Gasteiger partial charge in [0.1, 0.15) is 0 Å². The van der Waals surface area contributed by atoms with E-state index in [0.717, 1.165) is 38.9 Å². The maximum absolute atomic E-state index is 12.7. The van der Waals surface area contributed by atoms with Crippen molar-refractivity contribution in [1.82, 2.24) is 4.90 Å². The van der Waals surface area contributed by atoms with E-state index in [0.29, 0.717) is 21.9 Å². The Kier molecular flexibility index (Phi) is 5.99. The maximum atomic E-state index is 12.7. The number of alkyl halides is 2. The van der Waals surface area contributed by atoms with E-state index < -0.39 is 0 Å². The number of carbonyl (C=O) groups excluding carboxylic acids is 1. The first kappa shape index (κ1) is 15.3. The Morgan fingerprint density at radius 2 is 2.00 bits per heavy atom.